The maximum Gasteiger partial charge on any atom is 0.242 e. The highest BCUT2D eigenvalue weighted by Crippen LogP contribution is 2.33. The molecule has 2 aromatic rings. The van der Waals surface area contributed by atoms with Gasteiger partial charge in [0.1, 0.15) is 11.5 Å². The summed E-state index contributed by atoms with van der Waals surface area (Å²) in [5.74, 6) is 1.89. The highest BCUT2D eigenvalue weighted by molar-refractivity contribution is 6.70. The molecule has 0 N–H and O–H groups in total. The van der Waals surface area contributed by atoms with Crippen molar-refractivity contribution in [3.8, 4) is 11.5 Å². The SMILES string of the molecule is COc1ccc([C@@H]2CCC[C@H](CCc3ccc(O[Si](C)(C)C)cc3)O2)cc1. The van der Waals surface area contributed by atoms with Crippen LogP contribution in [0.15, 0.2) is 48.5 Å². The second kappa shape index (κ2) is 8.94. The Labute approximate surface area is 164 Å². The van der Waals surface area contributed by atoms with Crippen LogP contribution in [0.25, 0.3) is 0 Å². The van der Waals surface area contributed by atoms with Crippen LogP contribution in [-0.2, 0) is 11.2 Å². The minimum Gasteiger partial charge on any atom is -0.544 e. The third kappa shape index (κ3) is 6.11. The van der Waals surface area contributed by atoms with Crippen molar-refractivity contribution in [1.82, 2.24) is 0 Å². The third-order valence-corrected chi connectivity index (χ3v) is 5.79. The van der Waals surface area contributed by atoms with Crippen molar-refractivity contribution in [2.24, 2.45) is 0 Å². The molecule has 0 aliphatic carbocycles. The van der Waals surface area contributed by atoms with Crippen LogP contribution >= 0.6 is 0 Å². The standard InChI is InChI=1S/C23H32O3Si/c1-24-20-16-11-19(12-17-20)23-7-5-6-21(25-23)13-8-18-9-14-22(15-10-18)26-27(2,3)4/h9-12,14-17,21,23H,5-8,13H2,1-4H3/t21-,23+/m1/s1. The van der Waals surface area contributed by atoms with Crippen molar-refractivity contribution in [2.45, 2.75) is 64.0 Å². The molecule has 0 unspecified atom stereocenters. The van der Waals surface area contributed by atoms with Crippen molar-refractivity contribution in [3.63, 3.8) is 0 Å². The van der Waals surface area contributed by atoms with E-state index in [4.69, 9.17) is 13.9 Å². The lowest BCUT2D eigenvalue weighted by atomic mass is 9.95. The summed E-state index contributed by atoms with van der Waals surface area (Å²) in [6.45, 7) is 6.63. The molecule has 0 radical (unpaired) electrons. The molecule has 1 fully saturated rings. The Bertz CT molecular complexity index is 704. The zero-order valence-electron chi connectivity index (χ0n) is 17.0. The number of hydrogen-bond acceptors (Lipinski definition) is 3. The summed E-state index contributed by atoms with van der Waals surface area (Å²) >= 11 is 0. The van der Waals surface area contributed by atoms with E-state index in [0.29, 0.717) is 6.10 Å². The first-order chi connectivity index (χ1) is 12.9. The molecule has 0 saturated carbocycles. The molecule has 0 aromatic heterocycles. The Balaban J connectivity index is 1.51. The van der Waals surface area contributed by atoms with Gasteiger partial charge in [-0.2, -0.15) is 0 Å². The van der Waals surface area contributed by atoms with E-state index in [2.05, 4.69) is 56.0 Å². The summed E-state index contributed by atoms with van der Waals surface area (Å²) in [7, 11) is 0.166. The van der Waals surface area contributed by atoms with Gasteiger partial charge in [-0.05, 0) is 87.1 Å². The van der Waals surface area contributed by atoms with Gasteiger partial charge in [0, 0.05) is 0 Å². The van der Waals surface area contributed by atoms with E-state index in [1.165, 1.54) is 17.5 Å². The molecule has 3 nitrogen and oxygen atoms in total. The van der Waals surface area contributed by atoms with Gasteiger partial charge in [0.15, 0.2) is 0 Å². The molecule has 1 aliphatic rings. The number of rotatable bonds is 7. The zero-order chi connectivity index (χ0) is 19.3. The average Bonchev–Trinajstić information content (AvgIpc) is 2.66. The number of benzene rings is 2. The van der Waals surface area contributed by atoms with Crippen LogP contribution < -0.4 is 9.16 Å². The van der Waals surface area contributed by atoms with Gasteiger partial charge in [-0.25, -0.2) is 0 Å². The number of ether oxygens (including phenoxy) is 2. The van der Waals surface area contributed by atoms with Gasteiger partial charge >= 0.3 is 0 Å². The molecule has 0 bridgehead atoms. The fourth-order valence-corrected chi connectivity index (χ4v) is 4.42. The van der Waals surface area contributed by atoms with Crippen molar-refractivity contribution in [2.75, 3.05) is 7.11 Å². The molecular weight excluding hydrogens is 352 g/mol. The zero-order valence-corrected chi connectivity index (χ0v) is 18.0. The monoisotopic (exact) mass is 384 g/mol. The van der Waals surface area contributed by atoms with Gasteiger partial charge in [-0.15, -0.1) is 0 Å². The second-order valence-corrected chi connectivity index (χ2v) is 12.8. The van der Waals surface area contributed by atoms with E-state index < -0.39 is 8.32 Å². The largest absolute Gasteiger partial charge is 0.544 e. The van der Waals surface area contributed by atoms with Gasteiger partial charge in [0.25, 0.3) is 0 Å². The topological polar surface area (TPSA) is 27.7 Å². The Morgan fingerprint density at radius 3 is 2.22 bits per heavy atom. The van der Waals surface area contributed by atoms with Crippen molar-refractivity contribution in [3.05, 3.63) is 59.7 Å². The fraction of sp³-hybridized carbons (Fsp3) is 0.478. The minimum absolute atomic E-state index is 0.210. The van der Waals surface area contributed by atoms with E-state index in [9.17, 15) is 0 Å². The van der Waals surface area contributed by atoms with Crippen molar-refractivity contribution in [1.29, 1.82) is 0 Å². The molecule has 2 aromatic carbocycles. The van der Waals surface area contributed by atoms with Crippen LogP contribution in [0.2, 0.25) is 19.6 Å². The summed E-state index contributed by atoms with van der Waals surface area (Å²) in [6.07, 6.45) is 6.15. The van der Waals surface area contributed by atoms with Crippen LogP contribution in [0.5, 0.6) is 11.5 Å². The van der Waals surface area contributed by atoms with E-state index >= 15 is 0 Å². The van der Waals surface area contributed by atoms with Crippen LogP contribution in [0.3, 0.4) is 0 Å². The van der Waals surface area contributed by atoms with Crippen LogP contribution in [0.1, 0.15) is 42.9 Å². The van der Waals surface area contributed by atoms with E-state index in [1.54, 1.807) is 7.11 Å². The van der Waals surface area contributed by atoms with E-state index in [1.807, 2.05) is 12.1 Å². The fourth-order valence-electron chi connectivity index (χ4n) is 3.58. The summed E-state index contributed by atoms with van der Waals surface area (Å²) in [4.78, 5) is 0. The first-order valence-corrected chi connectivity index (χ1v) is 13.4. The molecule has 27 heavy (non-hydrogen) atoms. The maximum absolute atomic E-state index is 6.40. The van der Waals surface area contributed by atoms with Crippen LogP contribution in [-0.4, -0.2) is 21.5 Å². The van der Waals surface area contributed by atoms with Gasteiger partial charge in [0.05, 0.1) is 19.3 Å². The summed E-state index contributed by atoms with van der Waals surface area (Å²) in [5, 5.41) is 0. The summed E-state index contributed by atoms with van der Waals surface area (Å²) in [5.41, 5.74) is 2.61. The van der Waals surface area contributed by atoms with Gasteiger partial charge in [-0.1, -0.05) is 24.3 Å². The Hall–Kier alpha value is -1.78. The molecule has 4 heteroatoms. The summed E-state index contributed by atoms with van der Waals surface area (Å²) in [6, 6.07) is 16.9. The average molecular weight is 385 g/mol. The molecule has 146 valence electrons. The summed E-state index contributed by atoms with van der Waals surface area (Å²) < 4.78 is 17.7. The van der Waals surface area contributed by atoms with Gasteiger partial charge in [-0.3, -0.25) is 0 Å². The second-order valence-electron chi connectivity index (χ2n) is 8.35. The number of methoxy groups -OCH3 is 1. The minimum atomic E-state index is -1.53. The molecule has 3 rings (SSSR count). The first-order valence-electron chi connectivity index (χ1n) is 10.0. The highest BCUT2D eigenvalue weighted by Gasteiger charge is 2.23. The number of hydrogen-bond donors (Lipinski definition) is 0. The molecule has 0 amide bonds. The smallest absolute Gasteiger partial charge is 0.242 e. The lowest BCUT2D eigenvalue weighted by molar-refractivity contribution is -0.0546. The van der Waals surface area contributed by atoms with Crippen molar-refractivity contribution < 1.29 is 13.9 Å². The van der Waals surface area contributed by atoms with Crippen LogP contribution in [0, 0.1) is 0 Å². The predicted molar refractivity (Wildman–Crippen MR) is 113 cm³/mol. The molecule has 1 saturated heterocycles. The lowest BCUT2D eigenvalue weighted by Gasteiger charge is -2.30. The maximum atomic E-state index is 6.40. The van der Waals surface area contributed by atoms with E-state index in [0.717, 1.165) is 37.2 Å². The first kappa shape index (κ1) is 20.0. The van der Waals surface area contributed by atoms with Crippen molar-refractivity contribution >= 4 is 8.32 Å². The van der Waals surface area contributed by atoms with Gasteiger partial charge < -0.3 is 13.9 Å². The van der Waals surface area contributed by atoms with Crippen LogP contribution in [0.4, 0.5) is 0 Å². The number of aryl methyl sites for hydroxylation is 1. The molecule has 1 aliphatic heterocycles. The van der Waals surface area contributed by atoms with Gasteiger partial charge in [0.2, 0.25) is 8.32 Å². The quantitative estimate of drug-likeness (QED) is 0.536. The molecule has 2 atom stereocenters. The third-order valence-electron chi connectivity index (χ3n) is 4.94. The predicted octanol–water partition coefficient (Wildman–Crippen LogP) is 6.15. The van der Waals surface area contributed by atoms with E-state index in [-0.39, 0.29) is 6.10 Å². The lowest BCUT2D eigenvalue weighted by Crippen LogP contribution is -2.29. The normalized spacial score (nSPS) is 20.3. The highest BCUT2D eigenvalue weighted by atomic mass is 28.4. The molecular formula is C23H32O3Si. The molecule has 0 spiro atoms. The molecule has 1 heterocycles. The Morgan fingerprint density at radius 2 is 1.59 bits per heavy atom. The Morgan fingerprint density at radius 1 is 0.926 bits per heavy atom. The Kier molecular flexibility index (Phi) is 6.61.